The molecule has 0 bridgehead atoms. The van der Waals surface area contributed by atoms with Crippen LogP contribution < -0.4 is 9.88 Å². The van der Waals surface area contributed by atoms with Gasteiger partial charge < -0.3 is 9.26 Å². The molecule has 26 heavy (non-hydrogen) atoms. The first-order chi connectivity index (χ1) is 12.3. The summed E-state index contributed by atoms with van der Waals surface area (Å²) >= 11 is 6.07. The standard InChI is InChI=1S/C16H19ClN4O4S/c1-24-13-3-2-10(17)8-11(13)14-19-15(25-20-14)12-9-16(12)4-6-21(7-5-16)26(18,22)23/h2-3,8,12H,4-7,9H2,1H3,(H2,18,22,23)/t12-/m0/s1. The van der Waals surface area contributed by atoms with E-state index in [9.17, 15) is 8.42 Å². The number of halogens is 1. The highest BCUT2D eigenvalue weighted by Crippen LogP contribution is 2.64. The van der Waals surface area contributed by atoms with Crippen LogP contribution in [-0.2, 0) is 10.2 Å². The Hall–Kier alpha value is -1.68. The van der Waals surface area contributed by atoms with Crippen LogP contribution in [0.15, 0.2) is 22.7 Å². The van der Waals surface area contributed by atoms with E-state index >= 15 is 0 Å². The maximum absolute atomic E-state index is 11.5. The van der Waals surface area contributed by atoms with Crippen LogP contribution in [0.25, 0.3) is 11.4 Å². The van der Waals surface area contributed by atoms with Crippen LogP contribution in [0.1, 0.15) is 31.1 Å². The molecular formula is C16H19ClN4O4S. The number of nitrogens with zero attached hydrogens (tertiary/aromatic N) is 3. The predicted molar refractivity (Wildman–Crippen MR) is 95.0 cm³/mol. The Kier molecular flexibility index (Phi) is 4.22. The molecule has 0 unspecified atom stereocenters. The summed E-state index contributed by atoms with van der Waals surface area (Å²) in [5.41, 5.74) is 0.706. The molecule has 2 N–H and O–H groups in total. The average molecular weight is 399 g/mol. The number of piperidine rings is 1. The molecule has 1 aliphatic heterocycles. The van der Waals surface area contributed by atoms with E-state index in [-0.39, 0.29) is 11.3 Å². The Morgan fingerprint density at radius 1 is 1.38 bits per heavy atom. The number of methoxy groups -OCH3 is 1. The number of nitrogens with two attached hydrogens (primary N) is 1. The maximum Gasteiger partial charge on any atom is 0.276 e. The molecule has 1 saturated heterocycles. The molecule has 140 valence electrons. The Morgan fingerprint density at radius 3 is 2.77 bits per heavy atom. The molecule has 2 aliphatic rings. The van der Waals surface area contributed by atoms with Gasteiger partial charge in [-0.3, -0.25) is 0 Å². The molecule has 1 aromatic heterocycles. The highest BCUT2D eigenvalue weighted by molar-refractivity contribution is 7.86. The molecule has 2 fully saturated rings. The number of benzene rings is 1. The lowest BCUT2D eigenvalue weighted by molar-refractivity contribution is 0.242. The molecule has 10 heteroatoms. The molecule has 1 aliphatic carbocycles. The molecule has 0 radical (unpaired) electrons. The van der Waals surface area contributed by atoms with E-state index in [1.165, 1.54) is 4.31 Å². The van der Waals surface area contributed by atoms with Gasteiger partial charge in [-0.25, -0.2) is 5.14 Å². The summed E-state index contributed by atoms with van der Waals surface area (Å²) < 4.78 is 35.1. The van der Waals surface area contributed by atoms with Gasteiger partial charge in [0.2, 0.25) is 11.7 Å². The van der Waals surface area contributed by atoms with Crippen LogP contribution in [-0.4, -0.2) is 43.1 Å². The molecule has 1 saturated carbocycles. The quantitative estimate of drug-likeness (QED) is 0.844. The molecular weight excluding hydrogens is 380 g/mol. The summed E-state index contributed by atoms with van der Waals surface area (Å²) in [6.07, 6.45) is 2.40. The number of rotatable bonds is 4. The number of hydrogen-bond acceptors (Lipinski definition) is 6. The van der Waals surface area contributed by atoms with E-state index in [1.54, 1.807) is 25.3 Å². The number of aromatic nitrogens is 2. The molecule has 1 aromatic carbocycles. The van der Waals surface area contributed by atoms with Gasteiger partial charge in [0, 0.05) is 24.0 Å². The minimum Gasteiger partial charge on any atom is -0.496 e. The van der Waals surface area contributed by atoms with E-state index in [0.717, 1.165) is 19.3 Å². The summed E-state index contributed by atoms with van der Waals surface area (Å²) in [5.74, 6) is 1.78. The van der Waals surface area contributed by atoms with E-state index in [4.69, 9.17) is 26.0 Å². The minimum atomic E-state index is -3.62. The molecule has 2 aromatic rings. The van der Waals surface area contributed by atoms with Gasteiger partial charge in [-0.05, 0) is 42.9 Å². The van der Waals surface area contributed by atoms with Crippen molar-refractivity contribution in [2.45, 2.75) is 25.2 Å². The van der Waals surface area contributed by atoms with Gasteiger partial charge in [0.05, 0.1) is 12.7 Å². The van der Waals surface area contributed by atoms with Gasteiger partial charge in [0.25, 0.3) is 10.2 Å². The first kappa shape index (κ1) is 17.7. The van der Waals surface area contributed by atoms with Crippen LogP contribution in [0.5, 0.6) is 5.75 Å². The fraction of sp³-hybridized carbons (Fsp3) is 0.500. The van der Waals surface area contributed by atoms with Crippen molar-refractivity contribution >= 4 is 21.8 Å². The third kappa shape index (κ3) is 3.09. The van der Waals surface area contributed by atoms with Crippen molar-refractivity contribution in [2.24, 2.45) is 10.6 Å². The van der Waals surface area contributed by atoms with Crippen molar-refractivity contribution in [3.8, 4) is 17.1 Å². The van der Waals surface area contributed by atoms with Crippen LogP contribution in [0, 0.1) is 5.41 Å². The predicted octanol–water partition coefficient (Wildman–Crippen LogP) is 2.17. The summed E-state index contributed by atoms with van der Waals surface area (Å²) in [6, 6.07) is 5.23. The lowest BCUT2D eigenvalue weighted by Gasteiger charge is -2.30. The summed E-state index contributed by atoms with van der Waals surface area (Å²) in [6.45, 7) is 0.858. The molecule has 2 heterocycles. The summed E-state index contributed by atoms with van der Waals surface area (Å²) in [5, 5.41) is 9.85. The van der Waals surface area contributed by atoms with Crippen molar-refractivity contribution in [3.63, 3.8) is 0 Å². The second kappa shape index (κ2) is 6.19. The first-order valence-corrected chi connectivity index (χ1v) is 10.2. The lowest BCUT2D eigenvalue weighted by Crippen LogP contribution is -2.43. The van der Waals surface area contributed by atoms with Gasteiger partial charge >= 0.3 is 0 Å². The normalized spacial score (nSPS) is 22.5. The topological polar surface area (TPSA) is 112 Å². The van der Waals surface area contributed by atoms with E-state index in [1.807, 2.05) is 0 Å². The van der Waals surface area contributed by atoms with Crippen molar-refractivity contribution < 1.29 is 17.7 Å². The molecule has 0 amide bonds. The molecule has 4 rings (SSSR count). The van der Waals surface area contributed by atoms with Crippen molar-refractivity contribution in [1.82, 2.24) is 14.4 Å². The monoisotopic (exact) mass is 398 g/mol. The summed E-state index contributed by atoms with van der Waals surface area (Å²) in [4.78, 5) is 4.54. The Morgan fingerprint density at radius 2 is 2.12 bits per heavy atom. The zero-order chi connectivity index (χ0) is 18.5. The largest absolute Gasteiger partial charge is 0.496 e. The van der Waals surface area contributed by atoms with E-state index in [2.05, 4.69) is 10.1 Å². The van der Waals surface area contributed by atoms with Crippen molar-refractivity contribution in [1.29, 1.82) is 0 Å². The molecule has 1 atom stereocenters. The molecule has 8 nitrogen and oxygen atoms in total. The van der Waals surface area contributed by atoms with Crippen molar-refractivity contribution in [3.05, 3.63) is 29.1 Å². The zero-order valence-electron chi connectivity index (χ0n) is 14.2. The van der Waals surface area contributed by atoms with Crippen LogP contribution in [0.3, 0.4) is 0 Å². The SMILES string of the molecule is COc1ccc(Cl)cc1-c1noc([C@@H]2CC23CCN(S(N)(=O)=O)CC3)n1. The smallest absolute Gasteiger partial charge is 0.276 e. The van der Waals surface area contributed by atoms with Crippen molar-refractivity contribution in [2.75, 3.05) is 20.2 Å². The van der Waals surface area contributed by atoms with E-state index in [0.29, 0.717) is 41.1 Å². The Bertz CT molecular complexity index is 937. The zero-order valence-corrected chi connectivity index (χ0v) is 15.8. The fourth-order valence-electron chi connectivity index (χ4n) is 3.78. The third-order valence-electron chi connectivity index (χ3n) is 5.41. The minimum absolute atomic E-state index is 0.0312. The highest BCUT2D eigenvalue weighted by atomic mass is 35.5. The Balaban J connectivity index is 1.52. The van der Waals surface area contributed by atoms with Gasteiger partial charge in [-0.15, -0.1) is 0 Å². The van der Waals surface area contributed by atoms with Gasteiger partial charge in [0.15, 0.2) is 0 Å². The first-order valence-electron chi connectivity index (χ1n) is 8.28. The second-order valence-electron chi connectivity index (χ2n) is 6.86. The number of ether oxygens (including phenoxy) is 1. The lowest BCUT2D eigenvalue weighted by atomic mass is 9.92. The van der Waals surface area contributed by atoms with Crippen LogP contribution in [0.2, 0.25) is 5.02 Å². The second-order valence-corrected chi connectivity index (χ2v) is 8.85. The summed E-state index contributed by atoms with van der Waals surface area (Å²) in [7, 11) is -2.05. The number of hydrogen-bond donors (Lipinski definition) is 1. The third-order valence-corrected chi connectivity index (χ3v) is 6.73. The maximum atomic E-state index is 11.5. The molecule has 1 spiro atoms. The van der Waals surface area contributed by atoms with Gasteiger partial charge in [0.1, 0.15) is 5.75 Å². The van der Waals surface area contributed by atoms with Gasteiger partial charge in [-0.2, -0.15) is 17.7 Å². The van der Waals surface area contributed by atoms with E-state index < -0.39 is 10.2 Å². The van der Waals surface area contributed by atoms with Crippen LogP contribution in [0.4, 0.5) is 0 Å². The average Bonchev–Trinajstić information content (AvgIpc) is 3.07. The van der Waals surface area contributed by atoms with Crippen LogP contribution >= 0.6 is 11.6 Å². The highest BCUT2D eigenvalue weighted by Gasteiger charge is 2.58. The van der Waals surface area contributed by atoms with Gasteiger partial charge in [-0.1, -0.05) is 16.8 Å². The fourth-order valence-corrected chi connectivity index (χ4v) is 4.64. The Labute approximate surface area is 156 Å².